The number of sulfonamides is 1. The maximum Gasteiger partial charge on any atom is 0.264 e. The van der Waals surface area contributed by atoms with E-state index < -0.39 is 34.4 Å². The highest BCUT2D eigenvalue weighted by molar-refractivity contribution is 7.98. The van der Waals surface area contributed by atoms with E-state index in [4.69, 9.17) is 27.9 Å². The van der Waals surface area contributed by atoms with Crippen molar-refractivity contribution in [1.82, 2.24) is 10.2 Å². The lowest BCUT2D eigenvalue weighted by Gasteiger charge is -2.34. The van der Waals surface area contributed by atoms with E-state index in [0.29, 0.717) is 22.2 Å². The number of hydrogen-bond acceptors (Lipinski definition) is 6. The first kappa shape index (κ1) is 36.1. The van der Waals surface area contributed by atoms with Crippen molar-refractivity contribution < 1.29 is 22.7 Å². The monoisotopic (exact) mass is 713 g/mol. The van der Waals surface area contributed by atoms with Crippen LogP contribution in [0.15, 0.2) is 107 Å². The number of benzene rings is 4. The van der Waals surface area contributed by atoms with Gasteiger partial charge in [0, 0.05) is 40.0 Å². The van der Waals surface area contributed by atoms with E-state index in [0.717, 1.165) is 14.8 Å². The Labute approximate surface area is 291 Å². The summed E-state index contributed by atoms with van der Waals surface area (Å²) in [5.41, 5.74) is 1.43. The van der Waals surface area contributed by atoms with Crippen LogP contribution in [0.3, 0.4) is 0 Å². The topological polar surface area (TPSA) is 96.0 Å². The van der Waals surface area contributed by atoms with E-state index in [1.54, 1.807) is 68.4 Å². The van der Waals surface area contributed by atoms with Crippen LogP contribution < -0.4 is 14.4 Å². The summed E-state index contributed by atoms with van der Waals surface area (Å²) in [6, 6.07) is 26.3. The van der Waals surface area contributed by atoms with Gasteiger partial charge in [0.05, 0.1) is 17.2 Å². The lowest BCUT2D eigenvalue weighted by atomic mass is 10.0. The van der Waals surface area contributed by atoms with Gasteiger partial charge in [0.25, 0.3) is 10.0 Å². The Morgan fingerprint density at radius 1 is 0.872 bits per heavy atom. The molecule has 0 spiro atoms. The molecule has 12 heteroatoms. The minimum absolute atomic E-state index is 0.000314. The third kappa shape index (κ3) is 9.01. The number of ether oxygens (including phenoxy) is 1. The number of nitrogens with zero attached hydrogens (tertiary/aromatic N) is 2. The predicted octanol–water partition coefficient (Wildman–Crippen LogP) is 7.09. The second kappa shape index (κ2) is 16.9. The zero-order chi connectivity index (χ0) is 34.0. The Bertz CT molecular complexity index is 1750. The summed E-state index contributed by atoms with van der Waals surface area (Å²) >= 11 is 14.6. The SMILES string of the molecule is CCNC(=O)[C@H](Cc1ccccc1)N(Cc1c(Cl)cccc1Cl)C(=O)CN(c1ccccc1OCC)S(=O)(=O)c1ccc(SC)cc1. The maximum absolute atomic E-state index is 14.7. The number of rotatable bonds is 15. The van der Waals surface area contributed by atoms with Crippen LogP contribution in [-0.2, 0) is 32.6 Å². The zero-order valence-electron chi connectivity index (χ0n) is 26.4. The van der Waals surface area contributed by atoms with Crippen molar-refractivity contribution >= 4 is 62.5 Å². The molecule has 0 aliphatic carbocycles. The number of anilines is 1. The van der Waals surface area contributed by atoms with E-state index in [1.807, 2.05) is 36.6 Å². The fourth-order valence-corrected chi connectivity index (χ4v) is 7.38. The van der Waals surface area contributed by atoms with Crippen LogP contribution >= 0.6 is 35.0 Å². The molecule has 0 saturated carbocycles. The van der Waals surface area contributed by atoms with E-state index in [-0.39, 0.29) is 35.9 Å². The Morgan fingerprint density at radius 2 is 1.51 bits per heavy atom. The van der Waals surface area contributed by atoms with Crippen LogP contribution in [0.25, 0.3) is 0 Å². The van der Waals surface area contributed by atoms with E-state index >= 15 is 0 Å². The third-order valence-electron chi connectivity index (χ3n) is 7.37. The molecule has 1 atom stereocenters. The summed E-state index contributed by atoms with van der Waals surface area (Å²) in [4.78, 5) is 30.6. The Kier molecular flexibility index (Phi) is 13.0. The number of hydrogen-bond donors (Lipinski definition) is 1. The summed E-state index contributed by atoms with van der Waals surface area (Å²) in [5, 5.41) is 3.46. The molecule has 4 aromatic carbocycles. The summed E-state index contributed by atoms with van der Waals surface area (Å²) in [6.45, 7) is 3.40. The highest BCUT2D eigenvalue weighted by Gasteiger charge is 2.36. The molecule has 0 fully saturated rings. The molecule has 0 aliphatic rings. The minimum Gasteiger partial charge on any atom is -0.492 e. The molecule has 0 aliphatic heterocycles. The quantitative estimate of drug-likeness (QED) is 0.132. The number of amides is 2. The molecular formula is C35H37Cl2N3O5S2. The normalized spacial score (nSPS) is 11.9. The molecule has 1 N–H and O–H groups in total. The van der Waals surface area contributed by atoms with Crippen molar-refractivity contribution in [3.8, 4) is 5.75 Å². The second-order valence-electron chi connectivity index (χ2n) is 10.4. The Balaban J connectivity index is 1.86. The molecular weight excluding hydrogens is 677 g/mol. The molecule has 0 bridgehead atoms. The predicted molar refractivity (Wildman–Crippen MR) is 190 cm³/mol. The van der Waals surface area contributed by atoms with Gasteiger partial charge in [0.15, 0.2) is 0 Å². The van der Waals surface area contributed by atoms with Crippen LogP contribution in [0.4, 0.5) is 5.69 Å². The highest BCUT2D eigenvalue weighted by Crippen LogP contribution is 2.34. The first-order valence-electron chi connectivity index (χ1n) is 15.0. The number of halogens is 2. The third-order valence-corrected chi connectivity index (χ3v) is 10.6. The summed E-state index contributed by atoms with van der Waals surface area (Å²) < 4.78 is 35.6. The highest BCUT2D eigenvalue weighted by atomic mass is 35.5. The molecule has 4 aromatic rings. The van der Waals surface area contributed by atoms with Crippen molar-refractivity contribution in [3.05, 3.63) is 118 Å². The van der Waals surface area contributed by atoms with E-state index in [9.17, 15) is 18.0 Å². The standard InChI is InChI=1S/C35H37Cl2N3O5S2/c1-4-38-35(42)32(22-25-12-7-6-8-13-25)39(23-28-29(36)14-11-15-30(28)37)34(41)24-40(31-16-9-10-17-33(31)45-5-2)47(43,44)27-20-18-26(46-3)19-21-27/h6-21,32H,4-5,22-24H2,1-3H3,(H,38,42)/t32-/m0/s1. The van der Waals surface area contributed by atoms with E-state index in [1.165, 1.54) is 28.8 Å². The summed E-state index contributed by atoms with van der Waals surface area (Å²) in [7, 11) is -4.31. The largest absolute Gasteiger partial charge is 0.492 e. The van der Waals surface area contributed by atoms with Crippen LogP contribution in [0.5, 0.6) is 5.75 Å². The van der Waals surface area contributed by atoms with Crippen LogP contribution in [-0.4, -0.2) is 57.1 Å². The molecule has 47 heavy (non-hydrogen) atoms. The van der Waals surface area contributed by atoms with Crippen molar-refractivity contribution in [3.63, 3.8) is 0 Å². The van der Waals surface area contributed by atoms with Crippen LogP contribution in [0.2, 0.25) is 10.0 Å². The molecule has 0 saturated heterocycles. The van der Waals surface area contributed by atoms with E-state index in [2.05, 4.69) is 5.32 Å². The number of para-hydroxylation sites is 2. The first-order chi connectivity index (χ1) is 22.6. The molecule has 2 amide bonds. The van der Waals surface area contributed by atoms with Gasteiger partial charge >= 0.3 is 0 Å². The number of likely N-dealkylation sites (N-methyl/N-ethyl adjacent to an activating group) is 1. The van der Waals surface area contributed by atoms with Gasteiger partial charge < -0.3 is 15.0 Å². The molecule has 0 unspecified atom stereocenters. The van der Waals surface area contributed by atoms with Crippen molar-refractivity contribution in [2.24, 2.45) is 0 Å². The fraction of sp³-hybridized carbons (Fsp3) is 0.257. The fourth-order valence-electron chi connectivity index (χ4n) is 5.03. The molecule has 248 valence electrons. The number of carbonyl (C=O) groups is 2. The average Bonchev–Trinajstić information content (AvgIpc) is 3.07. The van der Waals surface area contributed by atoms with Gasteiger partial charge in [-0.1, -0.05) is 71.7 Å². The van der Waals surface area contributed by atoms with Gasteiger partial charge in [-0.25, -0.2) is 8.42 Å². The minimum atomic E-state index is -4.31. The van der Waals surface area contributed by atoms with Crippen LogP contribution in [0.1, 0.15) is 25.0 Å². The number of thioether (sulfide) groups is 1. The summed E-state index contributed by atoms with van der Waals surface area (Å²) in [5.74, 6) is -0.745. The van der Waals surface area contributed by atoms with Crippen molar-refractivity contribution in [2.75, 3.05) is 30.3 Å². The maximum atomic E-state index is 14.7. The van der Waals surface area contributed by atoms with Gasteiger partial charge in [0.1, 0.15) is 18.3 Å². The smallest absolute Gasteiger partial charge is 0.264 e. The molecule has 0 aromatic heterocycles. The van der Waals surface area contributed by atoms with Crippen molar-refractivity contribution in [1.29, 1.82) is 0 Å². The Hall–Kier alpha value is -3.70. The van der Waals surface area contributed by atoms with Gasteiger partial charge in [-0.15, -0.1) is 11.8 Å². The molecule has 0 heterocycles. The lowest BCUT2D eigenvalue weighted by Crippen LogP contribution is -2.53. The van der Waals surface area contributed by atoms with Crippen molar-refractivity contribution in [2.45, 2.75) is 42.6 Å². The van der Waals surface area contributed by atoms with Gasteiger partial charge in [-0.2, -0.15) is 0 Å². The van der Waals surface area contributed by atoms with Crippen LogP contribution in [0, 0.1) is 0 Å². The zero-order valence-corrected chi connectivity index (χ0v) is 29.5. The van der Waals surface area contributed by atoms with Gasteiger partial charge in [-0.05, 0) is 74.2 Å². The molecule has 8 nitrogen and oxygen atoms in total. The average molecular weight is 715 g/mol. The number of nitrogens with one attached hydrogen (secondary N) is 1. The van der Waals surface area contributed by atoms with Gasteiger partial charge in [-0.3, -0.25) is 13.9 Å². The molecule has 0 radical (unpaired) electrons. The number of carbonyl (C=O) groups excluding carboxylic acids is 2. The Morgan fingerprint density at radius 3 is 2.13 bits per heavy atom. The summed E-state index contributed by atoms with van der Waals surface area (Å²) in [6.07, 6.45) is 2.06. The lowest BCUT2D eigenvalue weighted by molar-refractivity contribution is -0.140. The molecule has 4 rings (SSSR count). The first-order valence-corrected chi connectivity index (χ1v) is 18.4. The second-order valence-corrected chi connectivity index (χ2v) is 14.0. The van der Waals surface area contributed by atoms with Gasteiger partial charge in [0.2, 0.25) is 11.8 Å².